The van der Waals surface area contributed by atoms with Gasteiger partial charge in [0.15, 0.2) is 6.61 Å². The average molecular weight is 382 g/mol. The van der Waals surface area contributed by atoms with Gasteiger partial charge in [-0.3, -0.25) is 4.79 Å². The third-order valence-electron chi connectivity index (χ3n) is 5.66. The molecule has 1 saturated carbocycles. The molecule has 0 unspecified atom stereocenters. The van der Waals surface area contributed by atoms with Crippen LogP contribution < -0.4 is 4.74 Å². The van der Waals surface area contributed by atoms with Gasteiger partial charge in [-0.15, -0.1) is 0 Å². The summed E-state index contributed by atoms with van der Waals surface area (Å²) >= 11 is 0. The smallest absolute Gasteiger partial charge is 0.349 e. The summed E-state index contributed by atoms with van der Waals surface area (Å²) in [5.74, 6) is 0.328. The number of carbonyl (C=O) groups excluding carboxylic acids is 2. The quantitative estimate of drug-likeness (QED) is 0.443. The van der Waals surface area contributed by atoms with Crippen molar-refractivity contribution in [1.29, 1.82) is 5.26 Å². The third kappa shape index (κ3) is 4.72. The van der Waals surface area contributed by atoms with Crippen LogP contribution in [-0.4, -0.2) is 43.1 Å². The molecule has 0 aromatic heterocycles. The molecule has 1 aliphatic carbocycles. The summed E-state index contributed by atoms with van der Waals surface area (Å²) in [4.78, 5) is 26.8. The van der Waals surface area contributed by atoms with E-state index < -0.39 is 5.97 Å². The summed E-state index contributed by atoms with van der Waals surface area (Å²) in [5.41, 5.74) is 0.550. The van der Waals surface area contributed by atoms with Crippen molar-refractivity contribution in [3.8, 4) is 11.8 Å². The zero-order valence-corrected chi connectivity index (χ0v) is 16.2. The van der Waals surface area contributed by atoms with Gasteiger partial charge in [0.1, 0.15) is 17.4 Å². The zero-order chi connectivity index (χ0) is 19.9. The molecule has 1 saturated heterocycles. The molecule has 1 heterocycles. The van der Waals surface area contributed by atoms with E-state index >= 15 is 0 Å². The van der Waals surface area contributed by atoms with Crippen LogP contribution in [0, 0.1) is 17.2 Å². The molecule has 28 heavy (non-hydrogen) atoms. The first kappa shape index (κ1) is 19.9. The Morgan fingerprint density at radius 3 is 2.61 bits per heavy atom. The van der Waals surface area contributed by atoms with Gasteiger partial charge in [-0.2, -0.15) is 5.26 Å². The lowest BCUT2D eigenvalue weighted by molar-refractivity contribution is -0.152. The topological polar surface area (TPSA) is 79.6 Å². The molecule has 3 rings (SSSR count). The molecule has 2 fully saturated rings. The maximum atomic E-state index is 12.6. The number of rotatable bonds is 5. The van der Waals surface area contributed by atoms with Crippen molar-refractivity contribution < 1.29 is 19.1 Å². The largest absolute Gasteiger partial charge is 0.497 e. The van der Waals surface area contributed by atoms with E-state index in [4.69, 9.17) is 9.47 Å². The van der Waals surface area contributed by atoms with Crippen molar-refractivity contribution in [2.24, 2.45) is 5.92 Å². The Bertz CT molecular complexity index is 777. The zero-order valence-electron chi connectivity index (χ0n) is 16.2. The molecule has 0 spiro atoms. The van der Waals surface area contributed by atoms with Gasteiger partial charge < -0.3 is 14.4 Å². The number of hydrogen-bond acceptors (Lipinski definition) is 5. The Morgan fingerprint density at radius 2 is 1.89 bits per heavy atom. The number of likely N-dealkylation sites (tertiary alicyclic amines) is 1. The molecule has 6 heteroatoms. The fourth-order valence-corrected chi connectivity index (χ4v) is 4.23. The predicted octanol–water partition coefficient (Wildman–Crippen LogP) is 3.33. The summed E-state index contributed by atoms with van der Waals surface area (Å²) < 4.78 is 10.2. The van der Waals surface area contributed by atoms with Gasteiger partial charge in [0.2, 0.25) is 0 Å². The van der Waals surface area contributed by atoms with Gasteiger partial charge in [0, 0.05) is 12.6 Å². The number of nitriles is 1. The van der Waals surface area contributed by atoms with Gasteiger partial charge in [-0.25, -0.2) is 4.79 Å². The van der Waals surface area contributed by atoms with Gasteiger partial charge in [0.25, 0.3) is 5.91 Å². The number of carbonyl (C=O) groups is 2. The number of ether oxygens (including phenoxy) is 2. The van der Waals surface area contributed by atoms with Crippen molar-refractivity contribution in [2.45, 2.75) is 44.6 Å². The van der Waals surface area contributed by atoms with Crippen LogP contribution >= 0.6 is 0 Å². The lowest BCUT2D eigenvalue weighted by Gasteiger charge is -2.44. The summed E-state index contributed by atoms with van der Waals surface area (Å²) in [6, 6.07) is 9.10. The van der Waals surface area contributed by atoms with Gasteiger partial charge in [-0.05, 0) is 55.4 Å². The fourth-order valence-electron chi connectivity index (χ4n) is 4.23. The van der Waals surface area contributed by atoms with Crippen LogP contribution in [0.25, 0.3) is 6.08 Å². The van der Waals surface area contributed by atoms with Crippen LogP contribution in [0.3, 0.4) is 0 Å². The van der Waals surface area contributed by atoms with E-state index in [1.54, 1.807) is 31.4 Å². The highest BCUT2D eigenvalue weighted by molar-refractivity contribution is 5.98. The third-order valence-corrected chi connectivity index (χ3v) is 5.66. The van der Waals surface area contributed by atoms with Crippen molar-refractivity contribution in [2.75, 3.05) is 20.3 Å². The number of hydrogen-bond donors (Lipinski definition) is 0. The minimum Gasteiger partial charge on any atom is -0.497 e. The van der Waals surface area contributed by atoms with Gasteiger partial charge in [-0.1, -0.05) is 25.0 Å². The molecule has 0 bridgehead atoms. The minimum atomic E-state index is -0.774. The monoisotopic (exact) mass is 382 g/mol. The summed E-state index contributed by atoms with van der Waals surface area (Å²) in [6.45, 7) is 0.411. The van der Waals surface area contributed by atoms with E-state index in [1.807, 2.05) is 11.0 Å². The fraction of sp³-hybridized carbons (Fsp3) is 0.500. The van der Waals surface area contributed by atoms with E-state index in [0.717, 1.165) is 25.8 Å². The Labute approximate surface area is 165 Å². The lowest BCUT2D eigenvalue weighted by Crippen LogP contribution is -2.50. The second kappa shape index (κ2) is 9.41. The molecule has 1 amide bonds. The maximum Gasteiger partial charge on any atom is 0.349 e. The van der Waals surface area contributed by atoms with Crippen LogP contribution in [0.5, 0.6) is 5.75 Å². The Hall–Kier alpha value is -2.81. The highest BCUT2D eigenvalue weighted by atomic mass is 16.5. The van der Waals surface area contributed by atoms with E-state index in [-0.39, 0.29) is 24.1 Å². The van der Waals surface area contributed by atoms with Crippen molar-refractivity contribution >= 4 is 18.0 Å². The second-order valence-corrected chi connectivity index (χ2v) is 7.36. The minimum absolute atomic E-state index is 0.132. The van der Waals surface area contributed by atoms with Crippen molar-refractivity contribution in [1.82, 2.24) is 4.90 Å². The number of fused-ring (bicyclic) bond motifs is 1. The lowest BCUT2D eigenvalue weighted by atomic mass is 9.78. The average Bonchev–Trinajstić information content (AvgIpc) is 2.75. The normalized spacial score (nSPS) is 22.0. The number of benzene rings is 1. The van der Waals surface area contributed by atoms with Crippen LogP contribution in [0.4, 0.5) is 0 Å². The van der Waals surface area contributed by atoms with Crippen LogP contribution in [0.2, 0.25) is 0 Å². The highest BCUT2D eigenvalue weighted by Crippen LogP contribution is 2.35. The SMILES string of the molecule is COc1ccc(/C=C(\C#N)C(=O)OCC(=O)N2CCC[C@@H]3CCCC[C@H]32)cc1. The molecule has 6 nitrogen and oxygen atoms in total. The van der Waals surface area contributed by atoms with E-state index in [2.05, 4.69) is 0 Å². The summed E-state index contributed by atoms with van der Waals surface area (Å²) in [5, 5.41) is 9.29. The molecule has 2 atom stereocenters. The molecule has 148 valence electrons. The van der Waals surface area contributed by atoms with E-state index in [1.165, 1.54) is 25.3 Å². The molecular weight excluding hydrogens is 356 g/mol. The standard InChI is InChI=1S/C22H26N2O4/c1-27-19-10-8-16(9-11-19)13-18(14-23)22(26)28-15-21(25)24-12-4-6-17-5-2-3-7-20(17)24/h8-11,13,17,20H,2-7,12,15H2,1H3/b18-13+/t17-,20+/m0/s1. The van der Waals surface area contributed by atoms with E-state index in [9.17, 15) is 14.9 Å². The molecule has 1 aromatic carbocycles. The molecule has 2 aliphatic rings. The molecule has 1 aromatic rings. The Kier molecular flexibility index (Phi) is 6.70. The van der Waals surface area contributed by atoms with Gasteiger partial charge >= 0.3 is 5.97 Å². The van der Waals surface area contributed by atoms with Crippen molar-refractivity contribution in [3.05, 3.63) is 35.4 Å². The number of methoxy groups -OCH3 is 1. The summed E-state index contributed by atoms with van der Waals surface area (Å²) in [7, 11) is 1.57. The van der Waals surface area contributed by atoms with Crippen molar-refractivity contribution in [3.63, 3.8) is 0 Å². The number of nitrogens with zero attached hydrogens (tertiary/aromatic N) is 2. The van der Waals surface area contributed by atoms with Crippen LogP contribution in [0.15, 0.2) is 29.8 Å². The van der Waals surface area contributed by atoms with Gasteiger partial charge in [0.05, 0.1) is 7.11 Å². The summed E-state index contributed by atoms with van der Waals surface area (Å²) in [6.07, 6.45) is 8.22. The highest BCUT2D eigenvalue weighted by Gasteiger charge is 2.35. The molecule has 0 N–H and O–H groups in total. The Balaban J connectivity index is 1.59. The Morgan fingerprint density at radius 1 is 1.18 bits per heavy atom. The predicted molar refractivity (Wildman–Crippen MR) is 104 cm³/mol. The maximum absolute atomic E-state index is 12.6. The van der Waals surface area contributed by atoms with Crippen LogP contribution in [0.1, 0.15) is 44.1 Å². The number of amides is 1. The first-order chi connectivity index (χ1) is 13.6. The van der Waals surface area contributed by atoms with E-state index in [0.29, 0.717) is 17.2 Å². The van der Waals surface area contributed by atoms with Crippen LogP contribution in [-0.2, 0) is 14.3 Å². The molecule has 0 radical (unpaired) electrons. The molecule has 1 aliphatic heterocycles. The first-order valence-electron chi connectivity index (χ1n) is 9.85. The number of esters is 1. The second-order valence-electron chi connectivity index (χ2n) is 7.36. The first-order valence-corrected chi connectivity index (χ1v) is 9.85. The number of piperidine rings is 1. The molecular formula is C22H26N2O4.